The predicted molar refractivity (Wildman–Crippen MR) is 146 cm³/mol. The third-order valence-electron chi connectivity index (χ3n) is 6.63. The highest BCUT2D eigenvalue weighted by Gasteiger charge is 2.22. The van der Waals surface area contributed by atoms with Crippen LogP contribution in [0.5, 0.6) is 0 Å². The van der Waals surface area contributed by atoms with Gasteiger partial charge < -0.3 is 10.2 Å². The molecule has 1 amide bonds. The molecule has 0 spiro atoms. The van der Waals surface area contributed by atoms with Crippen molar-refractivity contribution in [2.24, 2.45) is 5.92 Å². The van der Waals surface area contributed by atoms with Gasteiger partial charge in [-0.2, -0.15) is 5.10 Å². The lowest BCUT2D eigenvalue weighted by Gasteiger charge is -2.32. The third kappa shape index (κ3) is 6.36. The number of piperidine rings is 1. The number of halogens is 2. The van der Waals surface area contributed by atoms with E-state index in [0.717, 1.165) is 58.2 Å². The van der Waals surface area contributed by atoms with E-state index in [9.17, 15) is 4.79 Å². The number of rotatable bonds is 8. The maximum atomic E-state index is 12.7. The number of thioether (sulfide) groups is 1. The molecular formula is C26H32Cl2N4OS. The van der Waals surface area contributed by atoms with Gasteiger partial charge in [0, 0.05) is 23.4 Å². The molecule has 0 bridgehead atoms. The van der Waals surface area contributed by atoms with Gasteiger partial charge in [-0.1, -0.05) is 48.2 Å². The Balaban J connectivity index is 0.00000162. The summed E-state index contributed by atoms with van der Waals surface area (Å²) in [7, 11) is 0. The van der Waals surface area contributed by atoms with Crippen LogP contribution in [0, 0.1) is 5.92 Å². The first-order valence-corrected chi connectivity index (χ1v) is 12.5. The van der Waals surface area contributed by atoms with E-state index in [-0.39, 0.29) is 30.7 Å². The molecule has 0 aliphatic carbocycles. The van der Waals surface area contributed by atoms with Crippen molar-refractivity contribution in [1.82, 2.24) is 20.4 Å². The second-order valence-corrected chi connectivity index (χ2v) is 9.90. The topological polar surface area (TPSA) is 61.0 Å². The first-order chi connectivity index (χ1) is 15.8. The molecule has 182 valence electrons. The predicted octanol–water partition coefficient (Wildman–Crippen LogP) is 5.70. The monoisotopic (exact) mass is 518 g/mol. The summed E-state index contributed by atoms with van der Waals surface area (Å²) in [5.41, 5.74) is 3.31. The molecule has 5 nitrogen and oxygen atoms in total. The normalized spacial score (nSPS) is 15.8. The zero-order valence-corrected chi connectivity index (χ0v) is 21.6. The van der Waals surface area contributed by atoms with Crippen LogP contribution in [0.1, 0.15) is 36.9 Å². The molecule has 3 heterocycles. The lowest BCUT2D eigenvalue weighted by Crippen LogP contribution is -2.35. The Morgan fingerprint density at radius 2 is 1.88 bits per heavy atom. The molecule has 0 atom stereocenters. The second kappa shape index (κ2) is 12.6. The smallest absolute Gasteiger partial charge is 0.258 e. The fourth-order valence-electron chi connectivity index (χ4n) is 4.75. The Labute approximate surface area is 218 Å². The average molecular weight is 520 g/mol. The molecule has 1 saturated heterocycles. The van der Waals surface area contributed by atoms with Gasteiger partial charge in [-0.05, 0) is 74.9 Å². The number of H-pyrrole nitrogens is 1. The molecular weight excluding hydrogens is 487 g/mol. The molecule has 2 N–H and O–H groups in total. The SMILES string of the molecule is Cl.Cl.O=C(NCCCC1CCN(CCc2ccccc2)CC1)C1=Cc2n[nH]c3cccc(c23)S1. The summed E-state index contributed by atoms with van der Waals surface area (Å²) in [5, 5.41) is 11.6. The molecule has 2 aliphatic rings. The Morgan fingerprint density at radius 1 is 1.09 bits per heavy atom. The highest BCUT2D eigenvalue weighted by Crippen LogP contribution is 2.39. The summed E-state index contributed by atoms with van der Waals surface area (Å²) in [4.78, 5) is 17.1. The lowest BCUT2D eigenvalue weighted by molar-refractivity contribution is -0.116. The summed E-state index contributed by atoms with van der Waals surface area (Å²) in [6.07, 6.45) is 7.82. The summed E-state index contributed by atoms with van der Waals surface area (Å²) < 4.78 is 0. The lowest BCUT2D eigenvalue weighted by atomic mass is 9.92. The minimum absolute atomic E-state index is 0. The molecule has 1 aromatic heterocycles. The van der Waals surface area contributed by atoms with Crippen LogP contribution in [-0.4, -0.2) is 47.2 Å². The molecule has 0 saturated carbocycles. The fourth-order valence-corrected chi connectivity index (χ4v) is 5.78. The van der Waals surface area contributed by atoms with Gasteiger partial charge in [-0.3, -0.25) is 9.89 Å². The zero-order chi connectivity index (χ0) is 21.8. The second-order valence-electron chi connectivity index (χ2n) is 8.82. The Bertz CT molecular complexity index is 1110. The van der Waals surface area contributed by atoms with E-state index in [1.807, 2.05) is 18.2 Å². The van der Waals surface area contributed by atoms with Crippen molar-refractivity contribution >= 4 is 59.5 Å². The van der Waals surface area contributed by atoms with Crippen LogP contribution in [0.15, 0.2) is 58.3 Å². The van der Waals surface area contributed by atoms with Crippen molar-refractivity contribution in [3.8, 4) is 0 Å². The van der Waals surface area contributed by atoms with Crippen molar-refractivity contribution in [2.45, 2.75) is 37.0 Å². The van der Waals surface area contributed by atoms with Crippen LogP contribution in [0.4, 0.5) is 0 Å². The molecule has 34 heavy (non-hydrogen) atoms. The molecule has 5 rings (SSSR count). The Morgan fingerprint density at radius 3 is 2.68 bits per heavy atom. The molecule has 8 heteroatoms. The number of amides is 1. The van der Waals surface area contributed by atoms with Gasteiger partial charge in [-0.25, -0.2) is 0 Å². The Kier molecular flexibility index (Phi) is 9.89. The maximum absolute atomic E-state index is 12.7. The van der Waals surface area contributed by atoms with Crippen LogP contribution in [0.3, 0.4) is 0 Å². The van der Waals surface area contributed by atoms with E-state index in [0.29, 0.717) is 0 Å². The van der Waals surface area contributed by atoms with Crippen LogP contribution >= 0.6 is 36.6 Å². The van der Waals surface area contributed by atoms with Gasteiger partial charge in [-0.15, -0.1) is 24.8 Å². The van der Waals surface area contributed by atoms with Gasteiger partial charge in [0.2, 0.25) is 0 Å². The molecule has 3 aromatic rings. The van der Waals surface area contributed by atoms with Gasteiger partial charge in [0.15, 0.2) is 0 Å². The number of carbonyl (C=O) groups excluding carboxylic acids is 1. The minimum Gasteiger partial charge on any atom is -0.352 e. The summed E-state index contributed by atoms with van der Waals surface area (Å²) in [6, 6.07) is 16.8. The number of nitrogens with zero attached hydrogens (tertiary/aromatic N) is 2. The van der Waals surface area contributed by atoms with Crippen molar-refractivity contribution < 1.29 is 4.79 Å². The summed E-state index contributed by atoms with van der Waals surface area (Å²) in [6.45, 7) is 4.30. The first kappa shape index (κ1) is 26.6. The standard InChI is InChI=1S/C26H30N4OS.2ClH/c31-26(24-18-22-25-21(28-29-22)9-4-10-23(25)32-24)27-14-5-8-20-12-16-30(17-13-20)15-11-19-6-2-1-3-7-19;;/h1-4,6-7,9-10,18,20H,5,8,11-17H2,(H,27,31)(H,28,29);2*1H. The van der Waals surface area contributed by atoms with Crippen molar-refractivity contribution in [3.05, 3.63) is 64.7 Å². The van der Waals surface area contributed by atoms with Gasteiger partial charge in [0.1, 0.15) is 0 Å². The van der Waals surface area contributed by atoms with Crippen molar-refractivity contribution in [1.29, 1.82) is 0 Å². The maximum Gasteiger partial charge on any atom is 0.258 e. The van der Waals surface area contributed by atoms with Crippen LogP contribution < -0.4 is 5.32 Å². The number of benzene rings is 2. The fraction of sp³-hybridized carbons (Fsp3) is 0.385. The van der Waals surface area contributed by atoms with E-state index in [4.69, 9.17) is 0 Å². The van der Waals surface area contributed by atoms with Crippen LogP contribution in [0.25, 0.3) is 17.0 Å². The van der Waals surface area contributed by atoms with Gasteiger partial charge in [0.25, 0.3) is 5.91 Å². The van der Waals surface area contributed by atoms with Crippen LogP contribution in [-0.2, 0) is 11.2 Å². The first-order valence-electron chi connectivity index (χ1n) is 11.7. The summed E-state index contributed by atoms with van der Waals surface area (Å²) >= 11 is 1.54. The van der Waals surface area contributed by atoms with E-state index in [1.54, 1.807) is 0 Å². The molecule has 2 aromatic carbocycles. The number of nitrogens with one attached hydrogen (secondary N) is 2. The van der Waals surface area contributed by atoms with Crippen molar-refractivity contribution in [2.75, 3.05) is 26.2 Å². The zero-order valence-electron chi connectivity index (χ0n) is 19.2. The largest absolute Gasteiger partial charge is 0.352 e. The molecule has 2 aliphatic heterocycles. The number of aromatic amines is 1. The number of likely N-dealkylation sites (tertiary alicyclic amines) is 1. The Hall–Kier alpha value is -1.99. The van der Waals surface area contributed by atoms with E-state index < -0.39 is 0 Å². The highest BCUT2D eigenvalue weighted by atomic mass is 35.5. The van der Waals surface area contributed by atoms with Gasteiger partial charge in [0.05, 0.1) is 16.1 Å². The number of hydrogen-bond donors (Lipinski definition) is 2. The minimum atomic E-state index is 0. The van der Waals surface area contributed by atoms with Gasteiger partial charge >= 0.3 is 0 Å². The summed E-state index contributed by atoms with van der Waals surface area (Å²) in [5.74, 6) is 0.795. The van der Waals surface area contributed by atoms with Crippen LogP contribution in [0.2, 0.25) is 0 Å². The molecule has 0 radical (unpaired) electrons. The number of carbonyl (C=O) groups is 1. The number of hydrogen-bond acceptors (Lipinski definition) is 4. The van der Waals surface area contributed by atoms with Crippen molar-refractivity contribution in [3.63, 3.8) is 0 Å². The third-order valence-corrected chi connectivity index (χ3v) is 7.72. The molecule has 1 fully saturated rings. The number of aromatic nitrogens is 2. The van der Waals surface area contributed by atoms with E-state index in [1.165, 1.54) is 49.7 Å². The van der Waals surface area contributed by atoms with E-state index >= 15 is 0 Å². The highest BCUT2D eigenvalue weighted by molar-refractivity contribution is 8.04. The van der Waals surface area contributed by atoms with E-state index in [2.05, 4.69) is 56.8 Å². The quantitative estimate of drug-likeness (QED) is 0.375. The average Bonchev–Trinajstić information content (AvgIpc) is 3.26. The molecule has 0 unspecified atom stereocenters.